The third kappa shape index (κ3) is 1.55. The zero-order valence-electron chi connectivity index (χ0n) is 6.66. The molecule has 0 amide bonds. The second kappa shape index (κ2) is 3.18. The van der Waals surface area contributed by atoms with Gasteiger partial charge in [-0.15, -0.1) is 0 Å². The quantitative estimate of drug-likeness (QED) is 0.797. The topological polar surface area (TPSA) is 67.6 Å². The molecule has 0 fully saturated rings. The molecule has 2 aromatic heterocycles. The van der Waals surface area contributed by atoms with Gasteiger partial charge in [0.05, 0.1) is 6.20 Å². The van der Waals surface area contributed by atoms with Crippen LogP contribution in [0.15, 0.2) is 29.1 Å². The molecule has 4 nitrogen and oxygen atoms in total. The van der Waals surface area contributed by atoms with Crippen LogP contribution in [0.4, 0.5) is 5.82 Å². The highest BCUT2D eigenvalue weighted by Crippen LogP contribution is 2.25. The molecule has 2 heterocycles. The van der Waals surface area contributed by atoms with Gasteiger partial charge in [0, 0.05) is 28.0 Å². The van der Waals surface area contributed by atoms with Crippen molar-refractivity contribution in [2.75, 3.05) is 5.73 Å². The van der Waals surface area contributed by atoms with E-state index in [0.717, 1.165) is 15.6 Å². The molecule has 0 aromatic carbocycles. The van der Waals surface area contributed by atoms with Gasteiger partial charge in [-0.25, -0.2) is 4.98 Å². The molecule has 0 aliphatic carbocycles. The lowest BCUT2D eigenvalue weighted by molar-refractivity contribution is 1.09. The lowest BCUT2D eigenvalue weighted by Gasteiger charge is -2.01. The molecule has 0 saturated carbocycles. The number of halogens is 1. The molecule has 0 atom stereocenters. The van der Waals surface area contributed by atoms with Crippen LogP contribution in [0.3, 0.4) is 0 Å². The molecule has 0 unspecified atom stereocenters. The summed E-state index contributed by atoms with van der Waals surface area (Å²) >= 11 is 3.33. The number of hydrogen-bond acceptors (Lipinski definition) is 3. The van der Waals surface area contributed by atoms with E-state index < -0.39 is 0 Å². The van der Waals surface area contributed by atoms with Crippen molar-refractivity contribution in [3.63, 3.8) is 0 Å². The highest BCUT2D eigenvalue weighted by Gasteiger charge is 2.04. The van der Waals surface area contributed by atoms with Crippen LogP contribution in [-0.4, -0.2) is 15.2 Å². The largest absolute Gasteiger partial charge is 0.383 e. The van der Waals surface area contributed by atoms with Crippen LogP contribution in [-0.2, 0) is 0 Å². The molecular weight excluding hydrogens is 232 g/mol. The van der Waals surface area contributed by atoms with Gasteiger partial charge >= 0.3 is 0 Å². The first kappa shape index (κ1) is 8.25. The molecular formula is C8H7BrN4. The van der Waals surface area contributed by atoms with Gasteiger partial charge < -0.3 is 5.73 Å². The predicted molar refractivity (Wildman–Crippen MR) is 53.9 cm³/mol. The number of rotatable bonds is 1. The fraction of sp³-hybridized carbons (Fsp3) is 0. The smallest absolute Gasteiger partial charge is 0.131 e. The van der Waals surface area contributed by atoms with E-state index in [9.17, 15) is 0 Å². The number of aromatic amines is 1. The van der Waals surface area contributed by atoms with Crippen molar-refractivity contribution in [3.05, 3.63) is 29.1 Å². The number of H-pyrrole nitrogens is 1. The maximum atomic E-state index is 5.71. The van der Waals surface area contributed by atoms with Crippen molar-refractivity contribution in [2.45, 2.75) is 0 Å². The van der Waals surface area contributed by atoms with Crippen LogP contribution >= 0.6 is 15.9 Å². The average molecular weight is 239 g/mol. The summed E-state index contributed by atoms with van der Waals surface area (Å²) in [5, 5.41) is 6.57. The van der Waals surface area contributed by atoms with Crippen molar-refractivity contribution in [1.29, 1.82) is 0 Å². The Morgan fingerprint density at radius 3 is 2.92 bits per heavy atom. The van der Waals surface area contributed by atoms with Gasteiger partial charge in [0.1, 0.15) is 5.82 Å². The summed E-state index contributed by atoms with van der Waals surface area (Å²) < 4.78 is 0.901. The van der Waals surface area contributed by atoms with E-state index in [1.165, 1.54) is 0 Å². The molecule has 0 bridgehead atoms. The number of nitrogens with two attached hydrogens (primary N) is 1. The van der Waals surface area contributed by atoms with Gasteiger partial charge in [-0.1, -0.05) is 0 Å². The molecule has 2 rings (SSSR count). The van der Waals surface area contributed by atoms with E-state index in [4.69, 9.17) is 5.73 Å². The van der Waals surface area contributed by atoms with E-state index in [2.05, 4.69) is 31.1 Å². The maximum Gasteiger partial charge on any atom is 0.131 e. The molecule has 3 N–H and O–H groups in total. The molecule has 0 saturated heterocycles. The highest BCUT2D eigenvalue weighted by molar-refractivity contribution is 9.10. The Hall–Kier alpha value is -1.36. The number of aromatic nitrogens is 3. The first-order valence-corrected chi connectivity index (χ1v) is 4.47. The molecule has 66 valence electrons. The summed E-state index contributed by atoms with van der Waals surface area (Å²) in [6.07, 6.45) is 5.15. The number of nitrogen functional groups attached to an aromatic ring is 1. The minimum atomic E-state index is 0.504. The summed E-state index contributed by atoms with van der Waals surface area (Å²) in [5.74, 6) is 0.504. The summed E-state index contributed by atoms with van der Waals surface area (Å²) in [6.45, 7) is 0. The van der Waals surface area contributed by atoms with Crippen molar-refractivity contribution in [2.24, 2.45) is 0 Å². The molecule has 0 aliphatic heterocycles. The van der Waals surface area contributed by atoms with Crippen LogP contribution < -0.4 is 5.73 Å². The molecule has 0 spiro atoms. The number of pyridine rings is 1. The number of nitrogens with zero attached hydrogens (tertiary/aromatic N) is 2. The number of anilines is 1. The summed E-state index contributed by atoms with van der Waals surface area (Å²) in [4.78, 5) is 4.02. The zero-order chi connectivity index (χ0) is 9.26. The van der Waals surface area contributed by atoms with E-state index in [0.29, 0.717) is 5.82 Å². The molecule has 13 heavy (non-hydrogen) atoms. The van der Waals surface area contributed by atoms with Gasteiger partial charge in [0.15, 0.2) is 0 Å². The number of nitrogens with one attached hydrogen (secondary N) is 1. The van der Waals surface area contributed by atoms with Crippen LogP contribution in [0.25, 0.3) is 11.1 Å². The third-order valence-corrected chi connectivity index (χ3v) is 2.13. The minimum absolute atomic E-state index is 0.504. The van der Waals surface area contributed by atoms with Gasteiger partial charge in [-0.3, -0.25) is 5.10 Å². The molecule has 0 aliphatic rings. The zero-order valence-corrected chi connectivity index (χ0v) is 8.25. The minimum Gasteiger partial charge on any atom is -0.383 e. The van der Waals surface area contributed by atoms with E-state index in [1.807, 2.05) is 6.07 Å². The Kier molecular flexibility index (Phi) is 2.02. The van der Waals surface area contributed by atoms with Crippen molar-refractivity contribution in [1.82, 2.24) is 15.2 Å². The summed E-state index contributed by atoms with van der Waals surface area (Å²) in [6, 6.07) is 1.91. The van der Waals surface area contributed by atoms with Crippen LogP contribution in [0.1, 0.15) is 0 Å². The van der Waals surface area contributed by atoms with Gasteiger partial charge in [-0.05, 0) is 22.0 Å². The average Bonchev–Trinajstić information content (AvgIpc) is 2.61. The van der Waals surface area contributed by atoms with Gasteiger partial charge in [0.2, 0.25) is 0 Å². The Bertz CT molecular complexity index is 410. The second-order valence-electron chi connectivity index (χ2n) is 2.57. The maximum absolute atomic E-state index is 5.71. The fourth-order valence-electron chi connectivity index (χ4n) is 1.08. The Labute approximate surface area is 83.3 Å². The highest BCUT2D eigenvalue weighted by atomic mass is 79.9. The van der Waals surface area contributed by atoms with Gasteiger partial charge in [-0.2, -0.15) is 5.10 Å². The summed E-state index contributed by atoms with van der Waals surface area (Å²) in [7, 11) is 0. The molecule has 0 radical (unpaired) electrons. The Morgan fingerprint density at radius 1 is 1.38 bits per heavy atom. The first-order valence-electron chi connectivity index (χ1n) is 3.67. The first-order chi connectivity index (χ1) is 6.27. The van der Waals surface area contributed by atoms with E-state index in [1.54, 1.807) is 18.6 Å². The third-order valence-electron chi connectivity index (χ3n) is 1.69. The van der Waals surface area contributed by atoms with Crippen molar-refractivity contribution in [3.8, 4) is 11.1 Å². The van der Waals surface area contributed by atoms with Crippen LogP contribution in [0.2, 0.25) is 0 Å². The van der Waals surface area contributed by atoms with E-state index >= 15 is 0 Å². The monoisotopic (exact) mass is 238 g/mol. The fourth-order valence-corrected chi connectivity index (χ4v) is 1.41. The molecule has 2 aromatic rings. The number of hydrogen-bond donors (Lipinski definition) is 2. The molecule has 5 heteroatoms. The predicted octanol–water partition coefficient (Wildman–Crippen LogP) is 1.82. The summed E-state index contributed by atoms with van der Waals surface area (Å²) in [5.41, 5.74) is 7.52. The second-order valence-corrected chi connectivity index (χ2v) is 3.49. The lowest BCUT2D eigenvalue weighted by atomic mass is 10.1. The van der Waals surface area contributed by atoms with Gasteiger partial charge in [0.25, 0.3) is 0 Å². The van der Waals surface area contributed by atoms with E-state index in [-0.39, 0.29) is 0 Å². The SMILES string of the molecule is Nc1ncc(Br)cc1-c1cn[nH]c1. The van der Waals surface area contributed by atoms with Crippen LogP contribution in [0.5, 0.6) is 0 Å². The van der Waals surface area contributed by atoms with Crippen molar-refractivity contribution < 1.29 is 0 Å². The Morgan fingerprint density at radius 2 is 2.23 bits per heavy atom. The lowest BCUT2D eigenvalue weighted by Crippen LogP contribution is -1.92. The standard InChI is InChI=1S/C8H7BrN4/c9-6-1-7(8(10)11-4-6)5-2-12-13-3-5/h1-4H,(H2,10,11)(H,12,13). The normalized spacial score (nSPS) is 10.2. The van der Waals surface area contributed by atoms with Crippen LogP contribution in [0, 0.1) is 0 Å². The van der Waals surface area contributed by atoms with Crippen molar-refractivity contribution >= 4 is 21.7 Å². The Balaban J connectivity index is 2.57.